The summed E-state index contributed by atoms with van der Waals surface area (Å²) in [6, 6.07) is 2.63. The van der Waals surface area contributed by atoms with Gasteiger partial charge in [-0.3, -0.25) is 0 Å². The maximum Gasteiger partial charge on any atom is 0.124 e. The van der Waals surface area contributed by atoms with Crippen molar-refractivity contribution in [3.63, 3.8) is 0 Å². The topological polar surface area (TPSA) is 25.2 Å². The standard InChI is InChI=1S/C11H15NO/c1-7-6-9(7)10-11-8(2-4-12-10)3-5-13-11/h3,5,7,9-10,12H,2,4,6H2,1H3. The van der Waals surface area contributed by atoms with Crippen LogP contribution in [0.2, 0.25) is 0 Å². The Morgan fingerprint density at radius 2 is 2.38 bits per heavy atom. The molecule has 1 aliphatic carbocycles. The molecular weight excluding hydrogens is 162 g/mol. The zero-order valence-electron chi connectivity index (χ0n) is 7.92. The van der Waals surface area contributed by atoms with Crippen molar-refractivity contribution < 1.29 is 4.42 Å². The molecule has 0 amide bonds. The minimum Gasteiger partial charge on any atom is -0.467 e. The fraction of sp³-hybridized carbons (Fsp3) is 0.636. The van der Waals surface area contributed by atoms with Gasteiger partial charge in [-0.2, -0.15) is 0 Å². The average Bonchev–Trinajstić information content (AvgIpc) is 2.66. The number of hydrogen-bond donors (Lipinski definition) is 1. The number of fused-ring (bicyclic) bond motifs is 1. The molecule has 0 spiro atoms. The Labute approximate surface area is 78.3 Å². The molecule has 2 heterocycles. The lowest BCUT2D eigenvalue weighted by atomic mass is 9.99. The third-order valence-electron chi connectivity index (χ3n) is 3.42. The highest BCUT2D eigenvalue weighted by Crippen LogP contribution is 2.48. The number of hydrogen-bond acceptors (Lipinski definition) is 2. The maximum absolute atomic E-state index is 5.56. The van der Waals surface area contributed by atoms with Crippen LogP contribution in [-0.2, 0) is 6.42 Å². The quantitative estimate of drug-likeness (QED) is 0.710. The highest BCUT2D eigenvalue weighted by molar-refractivity contribution is 5.25. The number of nitrogens with one attached hydrogen (secondary N) is 1. The van der Waals surface area contributed by atoms with Crippen molar-refractivity contribution in [3.05, 3.63) is 23.7 Å². The van der Waals surface area contributed by atoms with Crippen LogP contribution in [0.4, 0.5) is 0 Å². The molecule has 1 aliphatic heterocycles. The van der Waals surface area contributed by atoms with E-state index in [1.807, 2.05) is 6.26 Å². The first-order chi connectivity index (χ1) is 6.36. The zero-order valence-corrected chi connectivity index (χ0v) is 7.92. The molecule has 2 nitrogen and oxygen atoms in total. The predicted molar refractivity (Wildman–Crippen MR) is 50.4 cm³/mol. The number of rotatable bonds is 1. The van der Waals surface area contributed by atoms with Crippen molar-refractivity contribution in [1.82, 2.24) is 5.32 Å². The highest BCUT2D eigenvalue weighted by Gasteiger charge is 2.43. The van der Waals surface area contributed by atoms with Crippen LogP contribution in [0, 0.1) is 11.8 Å². The van der Waals surface area contributed by atoms with Gasteiger partial charge in [-0.15, -0.1) is 0 Å². The Kier molecular flexibility index (Phi) is 1.53. The summed E-state index contributed by atoms with van der Waals surface area (Å²) in [7, 11) is 0. The van der Waals surface area contributed by atoms with E-state index in [1.165, 1.54) is 17.7 Å². The Balaban J connectivity index is 1.91. The monoisotopic (exact) mass is 177 g/mol. The summed E-state index contributed by atoms with van der Waals surface area (Å²) < 4.78 is 5.56. The third-order valence-corrected chi connectivity index (χ3v) is 3.42. The van der Waals surface area contributed by atoms with E-state index >= 15 is 0 Å². The molecule has 3 atom stereocenters. The van der Waals surface area contributed by atoms with Crippen LogP contribution in [0.5, 0.6) is 0 Å². The van der Waals surface area contributed by atoms with E-state index in [1.54, 1.807) is 0 Å². The van der Waals surface area contributed by atoms with Gasteiger partial charge in [-0.05, 0) is 42.9 Å². The van der Waals surface area contributed by atoms with Crippen LogP contribution in [0.25, 0.3) is 0 Å². The summed E-state index contributed by atoms with van der Waals surface area (Å²) >= 11 is 0. The molecule has 1 aromatic rings. The predicted octanol–water partition coefficient (Wildman–Crippen LogP) is 2.12. The van der Waals surface area contributed by atoms with Crippen molar-refractivity contribution in [3.8, 4) is 0 Å². The summed E-state index contributed by atoms with van der Waals surface area (Å²) in [4.78, 5) is 0. The highest BCUT2D eigenvalue weighted by atomic mass is 16.3. The zero-order chi connectivity index (χ0) is 8.84. The minimum atomic E-state index is 0.508. The summed E-state index contributed by atoms with van der Waals surface area (Å²) in [5, 5.41) is 3.56. The molecule has 70 valence electrons. The van der Waals surface area contributed by atoms with Gasteiger partial charge >= 0.3 is 0 Å². The largest absolute Gasteiger partial charge is 0.467 e. The van der Waals surface area contributed by atoms with E-state index in [9.17, 15) is 0 Å². The third kappa shape index (κ3) is 1.12. The minimum absolute atomic E-state index is 0.508. The Morgan fingerprint density at radius 1 is 1.54 bits per heavy atom. The van der Waals surface area contributed by atoms with Gasteiger partial charge in [0.1, 0.15) is 5.76 Å². The van der Waals surface area contributed by atoms with E-state index in [0.717, 1.165) is 24.8 Å². The van der Waals surface area contributed by atoms with E-state index < -0.39 is 0 Å². The Bertz CT molecular complexity index is 318. The van der Waals surface area contributed by atoms with Gasteiger partial charge in [0.25, 0.3) is 0 Å². The van der Waals surface area contributed by atoms with Gasteiger partial charge < -0.3 is 9.73 Å². The fourth-order valence-electron chi connectivity index (χ4n) is 2.44. The molecule has 2 aliphatic rings. The van der Waals surface area contributed by atoms with Gasteiger partial charge in [-0.1, -0.05) is 6.92 Å². The second kappa shape index (κ2) is 2.61. The Hall–Kier alpha value is -0.760. The van der Waals surface area contributed by atoms with Crippen LogP contribution in [-0.4, -0.2) is 6.54 Å². The van der Waals surface area contributed by atoms with Gasteiger partial charge in [0.15, 0.2) is 0 Å². The lowest BCUT2D eigenvalue weighted by Crippen LogP contribution is -2.30. The van der Waals surface area contributed by atoms with Crippen LogP contribution < -0.4 is 5.32 Å². The van der Waals surface area contributed by atoms with E-state index in [-0.39, 0.29) is 0 Å². The summed E-state index contributed by atoms with van der Waals surface area (Å²) in [6.45, 7) is 3.43. The van der Waals surface area contributed by atoms with E-state index in [2.05, 4.69) is 18.3 Å². The molecule has 0 saturated heterocycles. The van der Waals surface area contributed by atoms with Crippen molar-refractivity contribution in [1.29, 1.82) is 0 Å². The molecule has 0 bridgehead atoms. The molecule has 1 N–H and O–H groups in total. The maximum atomic E-state index is 5.56. The van der Waals surface area contributed by atoms with Crippen molar-refractivity contribution in [2.24, 2.45) is 11.8 Å². The van der Waals surface area contributed by atoms with Crippen LogP contribution in [0.1, 0.15) is 30.7 Å². The summed E-state index contributed by atoms with van der Waals surface area (Å²) in [5.41, 5.74) is 1.42. The first kappa shape index (κ1) is 7.63. The van der Waals surface area contributed by atoms with Crippen molar-refractivity contribution in [2.45, 2.75) is 25.8 Å². The lowest BCUT2D eigenvalue weighted by molar-refractivity contribution is 0.354. The van der Waals surface area contributed by atoms with E-state index in [0.29, 0.717) is 6.04 Å². The molecule has 13 heavy (non-hydrogen) atoms. The molecule has 1 fully saturated rings. The molecular formula is C11H15NO. The average molecular weight is 177 g/mol. The molecule has 0 aromatic carbocycles. The molecule has 3 rings (SSSR count). The molecule has 2 heteroatoms. The first-order valence-corrected chi connectivity index (χ1v) is 5.16. The van der Waals surface area contributed by atoms with E-state index in [4.69, 9.17) is 4.42 Å². The smallest absolute Gasteiger partial charge is 0.124 e. The molecule has 1 saturated carbocycles. The SMILES string of the molecule is CC1CC1C1NCCc2ccoc21. The van der Waals surface area contributed by atoms with Crippen LogP contribution in [0.15, 0.2) is 16.7 Å². The van der Waals surface area contributed by atoms with Crippen molar-refractivity contribution in [2.75, 3.05) is 6.54 Å². The molecule has 0 radical (unpaired) electrons. The second-order valence-electron chi connectivity index (χ2n) is 4.37. The van der Waals surface area contributed by atoms with Crippen LogP contribution >= 0.6 is 0 Å². The van der Waals surface area contributed by atoms with Gasteiger partial charge in [0, 0.05) is 0 Å². The Morgan fingerprint density at radius 3 is 3.15 bits per heavy atom. The lowest BCUT2D eigenvalue weighted by Gasteiger charge is -2.22. The van der Waals surface area contributed by atoms with Gasteiger partial charge in [-0.25, -0.2) is 0 Å². The summed E-state index contributed by atoms with van der Waals surface area (Å²) in [6.07, 6.45) is 4.32. The molecule has 1 aromatic heterocycles. The first-order valence-electron chi connectivity index (χ1n) is 5.16. The summed E-state index contributed by atoms with van der Waals surface area (Å²) in [5.74, 6) is 2.92. The number of furan rings is 1. The second-order valence-corrected chi connectivity index (χ2v) is 4.37. The molecule has 3 unspecified atom stereocenters. The van der Waals surface area contributed by atoms with Crippen LogP contribution in [0.3, 0.4) is 0 Å². The van der Waals surface area contributed by atoms with Crippen molar-refractivity contribution >= 4 is 0 Å². The normalized spacial score (nSPS) is 37.2. The van der Waals surface area contributed by atoms with Gasteiger partial charge in [0.2, 0.25) is 0 Å². The van der Waals surface area contributed by atoms with Gasteiger partial charge in [0.05, 0.1) is 12.3 Å². The fourth-order valence-corrected chi connectivity index (χ4v) is 2.44.